The molecule has 0 aliphatic heterocycles. The topological polar surface area (TPSA) is 39.2 Å². The van der Waals surface area contributed by atoms with Gasteiger partial charge in [-0.15, -0.1) is 11.3 Å². The first-order valence-corrected chi connectivity index (χ1v) is 6.74. The zero-order valence-electron chi connectivity index (χ0n) is 10.5. The summed E-state index contributed by atoms with van der Waals surface area (Å²) < 4.78 is 4.91. The molecule has 0 fully saturated rings. The molecule has 0 atom stereocenters. The van der Waals surface area contributed by atoms with Gasteiger partial charge in [0.2, 0.25) is 0 Å². The van der Waals surface area contributed by atoms with Gasteiger partial charge in [0.1, 0.15) is 5.01 Å². The van der Waals surface area contributed by atoms with Crippen LogP contribution in [0, 0.1) is 6.92 Å². The zero-order valence-corrected chi connectivity index (χ0v) is 11.3. The van der Waals surface area contributed by atoms with Crippen LogP contribution in [0.1, 0.15) is 17.5 Å². The summed E-state index contributed by atoms with van der Waals surface area (Å²) in [5.41, 5.74) is 3.21. The normalized spacial score (nSPS) is 10.3. The third kappa shape index (κ3) is 3.17. The quantitative estimate of drug-likeness (QED) is 0.793. The van der Waals surface area contributed by atoms with Crippen molar-refractivity contribution >= 4 is 17.3 Å². The molecule has 3 nitrogen and oxygen atoms in total. The Labute approximate surface area is 110 Å². The van der Waals surface area contributed by atoms with E-state index in [-0.39, 0.29) is 12.4 Å². The van der Waals surface area contributed by atoms with Gasteiger partial charge in [-0.25, -0.2) is 4.98 Å². The molecule has 0 radical (unpaired) electrons. The highest BCUT2D eigenvalue weighted by atomic mass is 32.1. The monoisotopic (exact) mass is 261 g/mol. The molecule has 4 heteroatoms. The molecular formula is C14H15NO2S. The third-order valence-electron chi connectivity index (χ3n) is 2.47. The van der Waals surface area contributed by atoms with Crippen molar-refractivity contribution in [3.8, 4) is 11.3 Å². The predicted octanol–water partition coefficient (Wildman–Crippen LogP) is 3.22. The van der Waals surface area contributed by atoms with Gasteiger partial charge in [0.25, 0.3) is 0 Å². The fourth-order valence-electron chi connectivity index (χ4n) is 1.66. The van der Waals surface area contributed by atoms with E-state index in [1.165, 1.54) is 16.9 Å². The minimum atomic E-state index is -0.220. The zero-order chi connectivity index (χ0) is 13.0. The molecule has 0 unspecified atom stereocenters. The van der Waals surface area contributed by atoms with E-state index in [2.05, 4.69) is 24.0 Å². The maximum atomic E-state index is 11.4. The van der Waals surface area contributed by atoms with Crippen LogP contribution in [0.2, 0.25) is 0 Å². The number of carbonyl (C=O) groups excluding carboxylic acids is 1. The Kier molecular flexibility index (Phi) is 4.10. The van der Waals surface area contributed by atoms with Crippen molar-refractivity contribution in [2.45, 2.75) is 20.3 Å². The molecular weight excluding hydrogens is 246 g/mol. The van der Waals surface area contributed by atoms with Gasteiger partial charge < -0.3 is 4.74 Å². The summed E-state index contributed by atoms with van der Waals surface area (Å²) >= 11 is 1.49. The van der Waals surface area contributed by atoms with E-state index in [4.69, 9.17) is 4.74 Å². The van der Waals surface area contributed by atoms with Gasteiger partial charge in [0, 0.05) is 10.9 Å². The van der Waals surface area contributed by atoms with E-state index in [0.717, 1.165) is 16.3 Å². The molecule has 0 saturated carbocycles. The second-order valence-electron chi connectivity index (χ2n) is 3.98. The lowest BCUT2D eigenvalue weighted by atomic mass is 10.1. The number of ether oxygens (including phenoxy) is 1. The summed E-state index contributed by atoms with van der Waals surface area (Å²) in [7, 11) is 0. The summed E-state index contributed by atoms with van der Waals surface area (Å²) in [6.45, 7) is 4.27. The first kappa shape index (κ1) is 12.8. The summed E-state index contributed by atoms with van der Waals surface area (Å²) in [6, 6.07) is 8.17. The predicted molar refractivity (Wildman–Crippen MR) is 72.6 cm³/mol. The van der Waals surface area contributed by atoms with Crippen LogP contribution in [0.15, 0.2) is 29.6 Å². The third-order valence-corrected chi connectivity index (χ3v) is 3.32. The average molecular weight is 261 g/mol. The number of rotatable bonds is 4. The van der Waals surface area contributed by atoms with Crippen LogP contribution < -0.4 is 0 Å². The number of aromatic nitrogens is 1. The molecule has 94 valence electrons. The number of benzene rings is 1. The van der Waals surface area contributed by atoms with E-state index >= 15 is 0 Å². The lowest BCUT2D eigenvalue weighted by molar-refractivity contribution is -0.142. The number of hydrogen-bond donors (Lipinski definition) is 0. The van der Waals surface area contributed by atoms with Gasteiger partial charge in [-0.3, -0.25) is 4.79 Å². The number of thiazole rings is 1. The highest BCUT2D eigenvalue weighted by Gasteiger charge is 2.09. The number of esters is 1. The molecule has 1 aromatic carbocycles. The summed E-state index contributed by atoms with van der Waals surface area (Å²) in [4.78, 5) is 15.8. The van der Waals surface area contributed by atoms with Crippen LogP contribution in [0.3, 0.4) is 0 Å². The van der Waals surface area contributed by atoms with Crippen LogP contribution in [0.5, 0.6) is 0 Å². The van der Waals surface area contributed by atoms with Crippen LogP contribution in [-0.2, 0) is 16.0 Å². The van der Waals surface area contributed by atoms with Crippen molar-refractivity contribution in [2.24, 2.45) is 0 Å². The largest absolute Gasteiger partial charge is 0.466 e. The Morgan fingerprint density at radius 1 is 1.44 bits per heavy atom. The fraction of sp³-hybridized carbons (Fsp3) is 0.286. The number of hydrogen-bond acceptors (Lipinski definition) is 4. The molecule has 0 spiro atoms. The molecule has 2 rings (SSSR count). The summed E-state index contributed by atoms with van der Waals surface area (Å²) in [5, 5.41) is 2.77. The molecule has 0 saturated heterocycles. The molecule has 0 aliphatic carbocycles. The van der Waals surface area contributed by atoms with Crippen LogP contribution in [0.25, 0.3) is 11.3 Å². The fourth-order valence-corrected chi connectivity index (χ4v) is 2.45. The number of carbonyl (C=O) groups is 1. The van der Waals surface area contributed by atoms with Gasteiger partial charge in [0.05, 0.1) is 18.7 Å². The minimum absolute atomic E-state index is 0.220. The minimum Gasteiger partial charge on any atom is -0.466 e. The standard InChI is InChI=1S/C14H15NO2S/c1-3-17-14(16)8-13-15-12(9-18-13)11-6-4-5-10(2)7-11/h4-7,9H,3,8H2,1-2H3. The highest BCUT2D eigenvalue weighted by molar-refractivity contribution is 7.10. The second kappa shape index (κ2) is 5.78. The Hall–Kier alpha value is -1.68. The van der Waals surface area contributed by atoms with Crippen LogP contribution >= 0.6 is 11.3 Å². The van der Waals surface area contributed by atoms with E-state index < -0.39 is 0 Å². The van der Waals surface area contributed by atoms with Gasteiger partial charge in [-0.1, -0.05) is 23.8 Å². The van der Waals surface area contributed by atoms with Crippen LogP contribution in [0.4, 0.5) is 0 Å². The second-order valence-corrected chi connectivity index (χ2v) is 4.92. The van der Waals surface area contributed by atoms with E-state index in [0.29, 0.717) is 6.61 Å². The van der Waals surface area contributed by atoms with Crippen molar-refractivity contribution < 1.29 is 9.53 Å². The van der Waals surface area contributed by atoms with Gasteiger partial charge in [-0.05, 0) is 19.9 Å². The van der Waals surface area contributed by atoms with E-state index in [9.17, 15) is 4.79 Å². The van der Waals surface area contributed by atoms with Crippen molar-refractivity contribution in [3.63, 3.8) is 0 Å². The van der Waals surface area contributed by atoms with Crippen LogP contribution in [-0.4, -0.2) is 17.6 Å². The Morgan fingerprint density at radius 2 is 2.28 bits per heavy atom. The maximum Gasteiger partial charge on any atom is 0.312 e. The Bertz CT molecular complexity index is 548. The molecule has 0 N–H and O–H groups in total. The van der Waals surface area contributed by atoms with Crippen molar-refractivity contribution in [3.05, 3.63) is 40.2 Å². The lowest BCUT2D eigenvalue weighted by Crippen LogP contribution is -2.07. The molecule has 1 aromatic heterocycles. The SMILES string of the molecule is CCOC(=O)Cc1nc(-c2cccc(C)c2)cs1. The van der Waals surface area contributed by atoms with Crippen molar-refractivity contribution in [1.82, 2.24) is 4.98 Å². The van der Waals surface area contributed by atoms with Gasteiger partial charge >= 0.3 is 5.97 Å². The maximum absolute atomic E-state index is 11.4. The smallest absolute Gasteiger partial charge is 0.312 e. The van der Waals surface area contributed by atoms with E-state index in [1.807, 2.05) is 17.5 Å². The van der Waals surface area contributed by atoms with Crippen molar-refractivity contribution in [1.29, 1.82) is 0 Å². The molecule has 0 bridgehead atoms. The molecule has 18 heavy (non-hydrogen) atoms. The summed E-state index contributed by atoms with van der Waals surface area (Å²) in [6.07, 6.45) is 0.254. The Morgan fingerprint density at radius 3 is 3.00 bits per heavy atom. The van der Waals surface area contributed by atoms with Gasteiger partial charge in [0.15, 0.2) is 0 Å². The van der Waals surface area contributed by atoms with Gasteiger partial charge in [-0.2, -0.15) is 0 Å². The average Bonchev–Trinajstić information content (AvgIpc) is 2.78. The number of nitrogens with zero attached hydrogens (tertiary/aromatic N) is 1. The van der Waals surface area contributed by atoms with Crippen molar-refractivity contribution in [2.75, 3.05) is 6.61 Å². The number of aryl methyl sites for hydroxylation is 1. The lowest BCUT2D eigenvalue weighted by Gasteiger charge is -1.99. The summed E-state index contributed by atoms with van der Waals surface area (Å²) in [5.74, 6) is -0.220. The Balaban J connectivity index is 2.13. The highest BCUT2D eigenvalue weighted by Crippen LogP contribution is 2.23. The first-order chi connectivity index (χ1) is 8.69. The molecule has 2 aromatic rings. The molecule has 0 aliphatic rings. The first-order valence-electron chi connectivity index (χ1n) is 5.86. The molecule has 0 amide bonds. The van der Waals surface area contributed by atoms with E-state index in [1.54, 1.807) is 6.92 Å². The molecule has 1 heterocycles.